The minimum absolute atomic E-state index is 0.640. The molecule has 0 atom stereocenters. The Labute approximate surface area is 314 Å². The summed E-state index contributed by atoms with van der Waals surface area (Å²) in [6, 6.07) is 61.5. The van der Waals surface area contributed by atoms with E-state index in [1.807, 2.05) is 72.0 Å². The Balaban J connectivity index is 1.04. The number of hydrogen-bond acceptors (Lipinski definition) is 5. The van der Waals surface area contributed by atoms with Gasteiger partial charge < -0.3 is 0 Å². The second-order valence-corrected chi connectivity index (χ2v) is 14.5. The Kier molecular flexibility index (Phi) is 6.97. The lowest BCUT2D eigenvalue weighted by molar-refractivity contribution is 1.07. The van der Waals surface area contributed by atoms with E-state index in [9.17, 15) is 0 Å². The van der Waals surface area contributed by atoms with Crippen molar-refractivity contribution in [2.45, 2.75) is 0 Å². The van der Waals surface area contributed by atoms with Gasteiger partial charge >= 0.3 is 0 Å². The SMILES string of the molecule is c1ccc(-c2nc(-c3ccccc3)nc(-c3cccc(-c4cccc(-c5ccc6sc7c8ccccc8c8nc9ccccc9n8c7c6c5)c4)c3)n2)cc1. The van der Waals surface area contributed by atoms with Gasteiger partial charge in [-0.3, -0.25) is 4.40 Å². The smallest absolute Gasteiger partial charge is 0.164 e. The number of pyridine rings is 1. The fourth-order valence-electron chi connectivity index (χ4n) is 7.63. The van der Waals surface area contributed by atoms with E-state index in [2.05, 4.69) is 120 Å². The topological polar surface area (TPSA) is 56.0 Å². The molecule has 0 radical (unpaired) electrons. The maximum atomic E-state index is 5.13. The molecule has 4 aromatic heterocycles. The summed E-state index contributed by atoms with van der Waals surface area (Å²) in [5.41, 5.74) is 11.7. The van der Waals surface area contributed by atoms with Gasteiger partial charge in [-0.25, -0.2) is 19.9 Å². The third kappa shape index (κ3) is 4.99. The van der Waals surface area contributed by atoms with E-state index in [0.717, 1.165) is 50.1 Å². The monoisotopic (exact) mass is 707 g/mol. The Hall–Kier alpha value is -7.02. The molecule has 11 rings (SSSR count). The first-order valence-electron chi connectivity index (χ1n) is 18.0. The molecule has 0 saturated heterocycles. The molecule has 0 fully saturated rings. The van der Waals surface area contributed by atoms with Gasteiger partial charge in [-0.15, -0.1) is 11.3 Å². The molecule has 252 valence electrons. The molecule has 54 heavy (non-hydrogen) atoms. The Morgan fingerprint density at radius 1 is 0.370 bits per heavy atom. The van der Waals surface area contributed by atoms with Gasteiger partial charge in [0.25, 0.3) is 0 Å². The standard InChI is InChI=1S/C48H29N5S/c1-3-13-30(14-4-1)45-50-46(31-15-5-2-6-16-31)52-47(51-45)36-20-12-19-34(28-36)32-17-11-18-33(27-32)35-25-26-42-39(29-35)43-44(54-42)37-21-7-8-22-38(37)48-49-40-23-9-10-24-41(40)53(43)48/h1-29H. The van der Waals surface area contributed by atoms with Gasteiger partial charge in [0.1, 0.15) is 5.65 Å². The normalized spacial score (nSPS) is 11.7. The van der Waals surface area contributed by atoms with E-state index in [1.54, 1.807) is 0 Å². The van der Waals surface area contributed by atoms with Gasteiger partial charge in [0.2, 0.25) is 0 Å². The van der Waals surface area contributed by atoms with Crippen molar-refractivity contribution in [2.75, 3.05) is 0 Å². The molecule has 0 aliphatic heterocycles. The minimum Gasteiger partial charge on any atom is -0.290 e. The summed E-state index contributed by atoms with van der Waals surface area (Å²) in [5, 5.41) is 3.65. The molecule has 0 spiro atoms. The third-order valence-corrected chi connectivity index (χ3v) is 11.4. The Morgan fingerprint density at radius 3 is 1.57 bits per heavy atom. The number of thiophene rings is 1. The largest absolute Gasteiger partial charge is 0.290 e. The molecule has 0 aliphatic carbocycles. The summed E-state index contributed by atoms with van der Waals surface area (Å²) in [4.78, 5) is 20.0. The number of benzene rings is 7. The van der Waals surface area contributed by atoms with Crippen LogP contribution in [-0.2, 0) is 0 Å². The lowest BCUT2D eigenvalue weighted by atomic mass is 9.97. The number of rotatable bonds is 5. The zero-order valence-electron chi connectivity index (χ0n) is 28.9. The highest BCUT2D eigenvalue weighted by molar-refractivity contribution is 7.26. The fourth-order valence-corrected chi connectivity index (χ4v) is 8.84. The van der Waals surface area contributed by atoms with Gasteiger partial charge in [0.15, 0.2) is 17.5 Å². The van der Waals surface area contributed by atoms with Crippen LogP contribution < -0.4 is 0 Å². The Morgan fingerprint density at radius 2 is 0.889 bits per heavy atom. The van der Waals surface area contributed by atoms with Crippen LogP contribution in [0.25, 0.3) is 104 Å². The first-order chi connectivity index (χ1) is 26.7. The first kappa shape index (κ1) is 30.6. The predicted octanol–water partition coefficient (Wildman–Crippen LogP) is 12.5. The maximum Gasteiger partial charge on any atom is 0.164 e. The molecule has 0 bridgehead atoms. The minimum atomic E-state index is 0.640. The molecule has 4 heterocycles. The number of nitrogens with zero attached hydrogens (tertiary/aromatic N) is 5. The number of para-hydroxylation sites is 2. The maximum absolute atomic E-state index is 5.13. The molecular weight excluding hydrogens is 679 g/mol. The van der Waals surface area contributed by atoms with Gasteiger partial charge in [0.05, 0.1) is 21.3 Å². The van der Waals surface area contributed by atoms with E-state index in [1.165, 1.54) is 36.6 Å². The van der Waals surface area contributed by atoms with Crippen molar-refractivity contribution in [2.24, 2.45) is 0 Å². The highest BCUT2D eigenvalue weighted by Gasteiger charge is 2.19. The number of aromatic nitrogens is 5. The zero-order valence-corrected chi connectivity index (χ0v) is 29.7. The summed E-state index contributed by atoms with van der Waals surface area (Å²) < 4.78 is 4.91. The molecule has 0 N–H and O–H groups in total. The molecule has 0 unspecified atom stereocenters. The molecule has 7 aromatic carbocycles. The fraction of sp³-hybridized carbons (Fsp3) is 0. The molecule has 5 nitrogen and oxygen atoms in total. The molecule has 0 aliphatic rings. The third-order valence-electron chi connectivity index (χ3n) is 10.2. The van der Waals surface area contributed by atoms with Gasteiger partial charge in [-0.05, 0) is 58.7 Å². The lowest BCUT2D eigenvalue weighted by Gasteiger charge is -2.10. The van der Waals surface area contributed by atoms with Crippen molar-refractivity contribution >= 4 is 59.1 Å². The summed E-state index contributed by atoms with van der Waals surface area (Å²) in [5.74, 6) is 1.94. The number of hydrogen-bond donors (Lipinski definition) is 0. The number of imidazole rings is 1. The van der Waals surface area contributed by atoms with Crippen molar-refractivity contribution in [3.8, 4) is 56.4 Å². The second kappa shape index (κ2) is 12.3. The average molecular weight is 708 g/mol. The van der Waals surface area contributed by atoms with Crippen molar-refractivity contribution in [3.05, 3.63) is 176 Å². The van der Waals surface area contributed by atoms with Crippen LogP contribution in [0.2, 0.25) is 0 Å². The van der Waals surface area contributed by atoms with Crippen LogP contribution in [0.3, 0.4) is 0 Å². The summed E-state index contributed by atoms with van der Waals surface area (Å²) in [7, 11) is 0. The quantitative estimate of drug-likeness (QED) is 0.179. The van der Waals surface area contributed by atoms with Crippen molar-refractivity contribution in [3.63, 3.8) is 0 Å². The molecular formula is C48H29N5S. The first-order valence-corrected chi connectivity index (χ1v) is 18.8. The van der Waals surface area contributed by atoms with Crippen molar-refractivity contribution < 1.29 is 0 Å². The van der Waals surface area contributed by atoms with Gasteiger partial charge in [-0.2, -0.15) is 0 Å². The van der Waals surface area contributed by atoms with Crippen LogP contribution in [0.5, 0.6) is 0 Å². The van der Waals surface area contributed by atoms with E-state index in [-0.39, 0.29) is 0 Å². The lowest BCUT2D eigenvalue weighted by Crippen LogP contribution is -2.00. The number of fused-ring (bicyclic) bond motifs is 10. The van der Waals surface area contributed by atoms with Crippen LogP contribution in [0.15, 0.2) is 176 Å². The van der Waals surface area contributed by atoms with Crippen LogP contribution in [0, 0.1) is 0 Å². The van der Waals surface area contributed by atoms with Crippen LogP contribution in [0.1, 0.15) is 0 Å². The molecule has 0 amide bonds. The second-order valence-electron chi connectivity index (χ2n) is 13.5. The summed E-state index contributed by atoms with van der Waals surface area (Å²) in [6.45, 7) is 0. The van der Waals surface area contributed by atoms with E-state index in [0.29, 0.717) is 17.5 Å². The zero-order chi connectivity index (χ0) is 35.6. The highest BCUT2D eigenvalue weighted by Crippen LogP contribution is 2.43. The van der Waals surface area contributed by atoms with Crippen molar-refractivity contribution in [1.29, 1.82) is 0 Å². The van der Waals surface area contributed by atoms with Crippen LogP contribution in [-0.4, -0.2) is 24.3 Å². The summed E-state index contributed by atoms with van der Waals surface area (Å²) >= 11 is 1.86. The summed E-state index contributed by atoms with van der Waals surface area (Å²) in [6.07, 6.45) is 0. The van der Waals surface area contributed by atoms with Crippen LogP contribution in [0.4, 0.5) is 0 Å². The molecule has 0 saturated carbocycles. The van der Waals surface area contributed by atoms with Gasteiger partial charge in [0, 0.05) is 37.5 Å². The average Bonchev–Trinajstić information content (AvgIpc) is 3.83. The van der Waals surface area contributed by atoms with E-state index in [4.69, 9.17) is 19.9 Å². The van der Waals surface area contributed by atoms with E-state index < -0.39 is 0 Å². The van der Waals surface area contributed by atoms with Crippen molar-refractivity contribution in [1.82, 2.24) is 24.3 Å². The highest BCUT2D eigenvalue weighted by atomic mass is 32.1. The predicted molar refractivity (Wildman–Crippen MR) is 224 cm³/mol. The Bertz CT molecular complexity index is 3160. The van der Waals surface area contributed by atoms with Crippen LogP contribution >= 0.6 is 11.3 Å². The van der Waals surface area contributed by atoms with Gasteiger partial charge in [-0.1, -0.05) is 140 Å². The van der Waals surface area contributed by atoms with E-state index >= 15 is 0 Å². The molecule has 11 aromatic rings. The molecule has 6 heteroatoms.